The average Bonchev–Trinajstić information content (AvgIpc) is 3.28. The van der Waals surface area contributed by atoms with E-state index in [1.165, 1.54) is 24.4 Å². The van der Waals surface area contributed by atoms with Gasteiger partial charge >= 0.3 is 0 Å². The van der Waals surface area contributed by atoms with Crippen molar-refractivity contribution in [3.05, 3.63) is 63.7 Å². The number of methoxy groups -OCH3 is 1. The first kappa shape index (κ1) is 17.1. The Balaban J connectivity index is 1.71. The van der Waals surface area contributed by atoms with Gasteiger partial charge in [0.15, 0.2) is 11.5 Å². The Hall–Kier alpha value is -3.02. The first-order valence-corrected chi connectivity index (χ1v) is 9.60. The van der Waals surface area contributed by atoms with Crippen molar-refractivity contribution in [3.63, 3.8) is 0 Å². The molecule has 144 valence electrons. The second-order valence-electron chi connectivity index (χ2n) is 7.82. The van der Waals surface area contributed by atoms with Gasteiger partial charge in [-0.1, -0.05) is 31.0 Å². The zero-order valence-electron chi connectivity index (χ0n) is 16.0. The number of anilines is 1. The van der Waals surface area contributed by atoms with Gasteiger partial charge in [-0.25, -0.2) is 0 Å². The van der Waals surface area contributed by atoms with E-state index in [0.717, 1.165) is 25.7 Å². The molecule has 2 aliphatic heterocycles. The van der Waals surface area contributed by atoms with E-state index in [-0.39, 0.29) is 11.1 Å². The molecule has 2 spiro atoms. The first-order valence-electron chi connectivity index (χ1n) is 9.60. The highest BCUT2D eigenvalue weighted by atomic mass is 16.6. The highest BCUT2D eigenvalue weighted by Crippen LogP contribution is 2.61. The molecule has 1 fully saturated rings. The van der Waals surface area contributed by atoms with Gasteiger partial charge in [-0.05, 0) is 36.6 Å². The molecule has 2 aromatic carbocycles. The molecule has 5 rings (SSSR count). The quantitative estimate of drug-likeness (QED) is 0.561. The lowest BCUT2D eigenvalue weighted by molar-refractivity contribution is -0.385. The van der Waals surface area contributed by atoms with Crippen molar-refractivity contribution in [1.82, 2.24) is 0 Å². The van der Waals surface area contributed by atoms with Gasteiger partial charge in [0, 0.05) is 24.4 Å². The minimum absolute atomic E-state index is 0.00144. The summed E-state index contributed by atoms with van der Waals surface area (Å²) >= 11 is 0. The van der Waals surface area contributed by atoms with Crippen molar-refractivity contribution in [2.24, 2.45) is 0 Å². The predicted molar refractivity (Wildman–Crippen MR) is 107 cm³/mol. The molecule has 1 saturated carbocycles. The van der Waals surface area contributed by atoms with Crippen LogP contribution in [0.1, 0.15) is 36.8 Å². The fourth-order valence-corrected chi connectivity index (χ4v) is 5.40. The van der Waals surface area contributed by atoms with Crippen LogP contribution in [0.15, 0.2) is 42.5 Å². The standard InChI is InChI=1S/C22H22N2O4/c1-23-18-8-4-3-7-17(18)21(10-5-6-11-21)22(23)12-9-15-13-16(24(25)26)14-19(27-2)20(15)28-22/h3-4,7-9,12-14H,5-6,10-11H2,1-2H3. The van der Waals surface area contributed by atoms with E-state index in [4.69, 9.17) is 9.47 Å². The van der Waals surface area contributed by atoms with E-state index in [2.05, 4.69) is 42.3 Å². The van der Waals surface area contributed by atoms with Crippen LogP contribution in [0.4, 0.5) is 11.4 Å². The number of non-ortho nitro benzene ring substituents is 1. The molecule has 3 aliphatic rings. The van der Waals surface area contributed by atoms with Crippen molar-refractivity contribution >= 4 is 17.5 Å². The summed E-state index contributed by atoms with van der Waals surface area (Å²) in [6, 6.07) is 11.5. The molecular weight excluding hydrogens is 356 g/mol. The molecule has 2 heterocycles. The Labute approximate surface area is 163 Å². The Morgan fingerprint density at radius 2 is 1.96 bits per heavy atom. The van der Waals surface area contributed by atoms with Crippen molar-refractivity contribution in [2.45, 2.75) is 36.8 Å². The summed E-state index contributed by atoms with van der Waals surface area (Å²) in [5, 5.41) is 11.3. The molecule has 2 aromatic rings. The highest BCUT2D eigenvalue weighted by molar-refractivity contribution is 5.75. The van der Waals surface area contributed by atoms with Crippen LogP contribution in [0.2, 0.25) is 0 Å². The van der Waals surface area contributed by atoms with E-state index in [1.54, 1.807) is 6.07 Å². The fourth-order valence-electron chi connectivity index (χ4n) is 5.40. The highest BCUT2D eigenvalue weighted by Gasteiger charge is 2.63. The number of benzene rings is 2. The number of likely N-dealkylation sites (N-methyl/N-ethyl adjacent to an activating group) is 1. The number of ether oxygens (including phenoxy) is 2. The zero-order chi connectivity index (χ0) is 19.5. The van der Waals surface area contributed by atoms with E-state index in [1.807, 2.05) is 6.08 Å². The first-order chi connectivity index (χ1) is 13.5. The number of hydrogen-bond donors (Lipinski definition) is 0. The Kier molecular flexibility index (Phi) is 3.50. The Morgan fingerprint density at radius 3 is 2.68 bits per heavy atom. The summed E-state index contributed by atoms with van der Waals surface area (Å²) in [5.74, 6) is 0.965. The van der Waals surface area contributed by atoms with E-state index >= 15 is 0 Å². The largest absolute Gasteiger partial charge is 0.493 e. The van der Waals surface area contributed by atoms with E-state index in [9.17, 15) is 10.1 Å². The SMILES string of the molecule is COc1cc([N+](=O)[O-])cc2c1OC1(C=C2)N(C)c2ccccc2C12CCCC2. The molecule has 28 heavy (non-hydrogen) atoms. The summed E-state index contributed by atoms with van der Waals surface area (Å²) in [6.45, 7) is 0. The third-order valence-corrected chi connectivity index (χ3v) is 6.67. The number of nitro benzene ring substituents is 1. The maximum Gasteiger partial charge on any atom is 0.274 e. The van der Waals surface area contributed by atoms with E-state index < -0.39 is 10.6 Å². The topological polar surface area (TPSA) is 64.8 Å². The lowest BCUT2D eigenvalue weighted by atomic mass is 9.71. The summed E-state index contributed by atoms with van der Waals surface area (Å²) in [5.41, 5.74) is 2.37. The van der Waals surface area contributed by atoms with Gasteiger partial charge in [0.1, 0.15) is 0 Å². The van der Waals surface area contributed by atoms with Crippen molar-refractivity contribution in [1.29, 1.82) is 0 Å². The van der Waals surface area contributed by atoms with Gasteiger partial charge in [-0.2, -0.15) is 0 Å². The molecule has 0 bridgehead atoms. The fraction of sp³-hybridized carbons (Fsp3) is 0.364. The molecule has 0 amide bonds. The minimum atomic E-state index is -0.663. The van der Waals surface area contributed by atoms with Gasteiger partial charge < -0.3 is 14.4 Å². The smallest absolute Gasteiger partial charge is 0.274 e. The summed E-state index contributed by atoms with van der Waals surface area (Å²) in [4.78, 5) is 13.1. The van der Waals surface area contributed by atoms with Crippen LogP contribution in [-0.2, 0) is 5.41 Å². The van der Waals surface area contributed by atoms with Crippen LogP contribution < -0.4 is 14.4 Å². The maximum atomic E-state index is 11.3. The molecular formula is C22H22N2O4. The van der Waals surface area contributed by atoms with E-state index in [0.29, 0.717) is 17.1 Å². The molecule has 1 aliphatic carbocycles. The number of fused-ring (bicyclic) bond motifs is 4. The van der Waals surface area contributed by atoms with Crippen LogP contribution in [-0.4, -0.2) is 24.8 Å². The van der Waals surface area contributed by atoms with Crippen LogP contribution in [0, 0.1) is 10.1 Å². The lowest BCUT2D eigenvalue weighted by Gasteiger charge is -2.47. The zero-order valence-corrected chi connectivity index (χ0v) is 16.0. The minimum Gasteiger partial charge on any atom is -0.493 e. The maximum absolute atomic E-state index is 11.3. The second kappa shape index (κ2) is 5.74. The van der Waals surface area contributed by atoms with Gasteiger partial charge in [0.25, 0.3) is 5.69 Å². The Bertz CT molecular complexity index is 1010. The Morgan fingerprint density at radius 1 is 1.21 bits per heavy atom. The molecule has 0 aromatic heterocycles. The predicted octanol–water partition coefficient (Wildman–Crippen LogP) is 4.67. The van der Waals surface area contributed by atoms with Crippen molar-refractivity contribution in [3.8, 4) is 11.5 Å². The second-order valence-corrected chi connectivity index (χ2v) is 7.82. The molecule has 6 heteroatoms. The van der Waals surface area contributed by atoms with Crippen LogP contribution in [0.5, 0.6) is 11.5 Å². The number of hydrogen-bond acceptors (Lipinski definition) is 5. The van der Waals surface area contributed by atoms with Gasteiger partial charge in [0.2, 0.25) is 5.72 Å². The summed E-state index contributed by atoms with van der Waals surface area (Å²) < 4.78 is 12.2. The molecule has 0 radical (unpaired) electrons. The lowest BCUT2D eigenvalue weighted by Crippen LogP contribution is -2.59. The van der Waals surface area contributed by atoms with Crippen LogP contribution >= 0.6 is 0 Å². The molecule has 6 nitrogen and oxygen atoms in total. The summed E-state index contributed by atoms with van der Waals surface area (Å²) in [6.07, 6.45) is 8.45. The molecule has 0 saturated heterocycles. The van der Waals surface area contributed by atoms with Gasteiger partial charge in [0.05, 0.1) is 23.5 Å². The van der Waals surface area contributed by atoms with Gasteiger partial charge in [-0.15, -0.1) is 0 Å². The summed E-state index contributed by atoms with van der Waals surface area (Å²) in [7, 11) is 3.59. The van der Waals surface area contributed by atoms with Crippen molar-refractivity contribution < 1.29 is 14.4 Å². The van der Waals surface area contributed by atoms with Crippen molar-refractivity contribution in [2.75, 3.05) is 19.1 Å². The van der Waals surface area contributed by atoms with Gasteiger partial charge in [-0.3, -0.25) is 10.1 Å². The molecule has 1 unspecified atom stereocenters. The monoisotopic (exact) mass is 378 g/mol. The third-order valence-electron chi connectivity index (χ3n) is 6.67. The number of nitrogens with zero attached hydrogens (tertiary/aromatic N) is 2. The normalized spacial score (nSPS) is 23.6. The average molecular weight is 378 g/mol. The number of rotatable bonds is 2. The van der Waals surface area contributed by atoms with Crippen LogP contribution in [0.3, 0.4) is 0 Å². The number of nitro groups is 1. The molecule has 1 atom stereocenters. The number of para-hydroxylation sites is 1. The third kappa shape index (κ3) is 1.97. The van der Waals surface area contributed by atoms with Crippen LogP contribution in [0.25, 0.3) is 6.08 Å². The molecule has 0 N–H and O–H groups in total.